The molecule has 0 unspecified atom stereocenters. The highest BCUT2D eigenvalue weighted by molar-refractivity contribution is 8.00. The van der Waals surface area contributed by atoms with E-state index in [0.29, 0.717) is 25.3 Å². The number of aliphatic hydroxyl groups is 2. The van der Waals surface area contributed by atoms with Gasteiger partial charge in [0, 0.05) is 37.7 Å². The topological polar surface area (TPSA) is 119 Å². The summed E-state index contributed by atoms with van der Waals surface area (Å²) in [4.78, 5) is 18.1. The minimum Gasteiger partial charge on any atom is -0.460 e. The number of fused-ring (bicyclic) bond motifs is 2. The number of carbonyl (C=O) groups is 1. The Labute approximate surface area is 349 Å². The summed E-state index contributed by atoms with van der Waals surface area (Å²) in [6.45, 7) is 9.31. The number of aliphatic hydroxyl groups excluding tert-OH is 2. The van der Waals surface area contributed by atoms with Crippen molar-refractivity contribution in [1.29, 1.82) is 0 Å². The lowest BCUT2D eigenvalue weighted by molar-refractivity contribution is -0.223. The molecule has 0 radical (unpaired) electrons. The standard InChI is InChI=1S/C47H76N2O7S/c1-5-8-9-10-11-12-13-14-15-16-17-18-19-24-32-57-43-35-41(49-53-4)39-33-36(25-20-22-29-50)38(26-21-23-30-51)44-40-34-37(55-46(52)48-7-3)27-28-42(40)56-47(43,45(39)44)54-31-6-2/h6,27-28,33-34,36,38,43-45,50-51H,2,5,7-26,29-32,35H2,1,3-4H3,(H,48,52)/t36-,38+,43-,44+,45+,47+/m0/s1. The molecule has 1 amide bonds. The van der Waals surface area contributed by atoms with Crippen molar-refractivity contribution in [3.63, 3.8) is 0 Å². The lowest BCUT2D eigenvalue weighted by Gasteiger charge is -2.58. The van der Waals surface area contributed by atoms with E-state index in [1.165, 1.54) is 83.5 Å². The average Bonchev–Trinajstić information content (AvgIpc) is 3.21. The molecule has 1 aromatic rings. The summed E-state index contributed by atoms with van der Waals surface area (Å²) in [5.41, 5.74) is 3.04. The first kappa shape index (κ1) is 47.2. The van der Waals surface area contributed by atoms with Crippen LogP contribution in [0.25, 0.3) is 0 Å². The highest BCUT2D eigenvalue weighted by Gasteiger charge is 2.63. The molecule has 1 fully saturated rings. The summed E-state index contributed by atoms with van der Waals surface area (Å²) >= 11 is 1.93. The van der Waals surface area contributed by atoms with Gasteiger partial charge in [0.25, 0.3) is 0 Å². The molecule has 2 aliphatic carbocycles. The molecule has 0 aromatic heterocycles. The van der Waals surface area contributed by atoms with E-state index in [9.17, 15) is 15.0 Å². The molecule has 4 rings (SSSR count). The molecular formula is C47H76N2O7S. The van der Waals surface area contributed by atoms with Gasteiger partial charge >= 0.3 is 6.09 Å². The smallest absolute Gasteiger partial charge is 0.412 e. The van der Waals surface area contributed by atoms with Crippen LogP contribution in [0.4, 0.5) is 4.79 Å². The normalized spacial score (nSPS) is 24.3. The van der Waals surface area contributed by atoms with E-state index < -0.39 is 11.9 Å². The first-order valence-corrected chi connectivity index (χ1v) is 23.7. The number of nitrogens with zero attached hydrogens (tertiary/aromatic N) is 1. The van der Waals surface area contributed by atoms with Crippen molar-refractivity contribution in [3.8, 4) is 11.5 Å². The number of hydrogen-bond acceptors (Lipinski definition) is 9. The Morgan fingerprint density at radius 3 is 2.19 bits per heavy atom. The number of unbranched alkanes of at least 4 members (excludes halogenated alkanes) is 15. The predicted octanol–water partition coefficient (Wildman–Crippen LogP) is 11.3. The Balaban J connectivity index is 1.58. The number of thioether (sulfide) groups is 1. The maximum atomic E-state index is 12.6. The van der Waals surface area contributed by atoms with Gasteiger partial charge in [0.1, 0.15) is 18.6 Å². The molecule has 57 heavy (non-hydrogen) atoms. The van der Waals surface area contributed by atoms with Crippen molar-refractivity contribution in [1.82, 2.24) is 5.32 Å². The second-order valence-corrected chi connectivity index (χ2v) is 17.6. The van der Waals surface area contributed by atoms with Crippen LogP contribution in [0.2, 0.25) is 0 Å². The second kappa shape index (κ2) is 26.5. The second-order valence-electron chi connectivity index (χ2n) is 16.3. The third kappa shape index (κ3) is 13.8. The summed E-state index contributed by atoms with van der Waals surface area (Å²) < 4.78 is 20.0. The van der Waals surface area contributed by atoms with Crippen LogP contribution in [0.1, 0.15) is 160 Å². The van der Waals surface area contributed by atoms with Crippen LogP contribution in [0.5, 0.6) is 11.5 Å². The Morgan fingerprint density at radius 1 is 0.930 bits per heavy atom. The summed E-state index contributed by atoms with van der Waals surface area (Å²) in [6.07, 6.45) is 28.1. The predicted molar refractivity (Wildman–Crippen MR) is 234 cm³/mol. The quantitative estimate of drug-likeness (QED) is 0.0399. The zero-order valence-corrected chi connectivity index (χ0v) is 36.5. The number of ether oxygens (including phenoxy) is 3. The van der Waals surface area contributed by atoms with Crippen LogP contribution in [-0.4, -0.2) is 72.3 Å². The molecule has 6 atom stereocenters. The molecule has 0 saturated heterocycles. The van der Waals surface area contributed by atoms with Crippen molar-refractivity contribution < 1.29 is 34.1 Å². The number of rotatable bonds is 30. The van der Waals surface area contributed by atoms with Crippen LogP contribution in [0.3, 0.4) is 0 Å². The van der Waals surface area contributed by atoms with Gasteiger partial charge in [-0.05, 0) is 80.4 Å². The van der Waals surface area contributed by atoms with Crippen molar-refractivity contribution in [3.05, 3.63) is 48.1 Å². The molecule has 1 aliphatic heterocycles. The van der Waals surface area contributed by atoms with Gasteiger partial charge in [-0.1, -0.05) is 121 Å². The van der Waals surface area contributed by atoms with Crippen LogP contribution in [0.15, 0.2) is 47.7 Å². The van der Waals surface area contributed by atoms with Crippen LogP contribution < -0.4 is 14.8 Å². The summed E-state index contributed by atoms with van der Waals surface area (Å²) in [7, 11) is 1.62. The van der Waals surface area contributed by atoms with Gasteiger partial charge in [-0.25, -0.2) is 4.79 Å². The van der Waals surface area contributed by atoms with E-state index in [4.69, 9.17) is 24.2 Å². The van der Waals surface area contributed by atoms with E-state index in [1.54, 1.807) is 7.11 Å². The third-order valence-electron chi connectivity index (χ3n) is 12.2. The molecule has 10 heteroatoms. The largest absolute Gasteiger partial charge is 0.460 e. The molecule has 9 nitrogen and oxygen atoms in total. The Hall–Kier alpha value is -2.53. The molecule has 0 bridgehead atoms. The number of benzene rings is 1. The van der Waals surface area contributed by atoms with Crippen LogP contribution in [-0.2, 0) is 9.57 Å². The number of carbonyl (C=O) groups excluding carboxylic acids is 1. The fraction of sp³-hybridized carbons (Fsp3) is 0.745. The molecular weight excluding hydrogens is 737 g/mol. The highest BCUT2D eigenvalue weighted by Crippen LogP contribution is 2.62. The van der Waals surface area contributed by atoms with E-state index >= 15 is 0 Å². The molecule has 3 N–H and O–H groups in total. The lowest BCUT2D eigenvalue weighted by atomic mass is 9.56. The highest BCUT2D eigenvalue weighted by atomic mass is 32.2. The van der Waals surface area contributed by atoms with E-state index in [2.05, 4.69) is 24.9 Å². The molecule has 3 aliphatic rings. The van der Waals surface area contributed by atoms with Gasteiger partial charge in [-0.3, -0.25) is 0 Å². The fourth-order valence-electron chi connectivity index (χ4n) is 9.46. The molecule has 322 valence electrons. The first-order valence-electron chi connectivity index (χ1n) is 22.7. The number of oxime groups is 1. The number of allylic oxidation sites excluding steroid dienone is 1. The van der Waals surface area contributed by atoms with Gasteiger partial charge < -0.3 is 34.6 Å². The maximum Gasteiger partial charge on any atom is 0.412 e. The monoisotopic (exact) mass is 813 g/mol. The average molecular weight is 813 g/mol. The third-order valence-corrected chi connectivity index (χ3v) is 13.6. The molecule has 1 aromatic carbocycles. The lowest BCUT2D eigenvalue weighted by Crippen LogP contribution is -2.64. The fourth-order valence-corrected chi connectivity index (χ4v) is 10.9. The van der Waals surface area contributed by atoms with Crippen LogP contribution >= 0.6 is 11.8 Å². The van der Waals surface area contributed by atoms with Crippen molar-refractivity contribution in [2.45, 2.75) is 166 Å². The van der Waals surface area contributed by atoms with Gasteiger partial charge in [0.05, 0.1) is 23.5 Å². The maximum absolute atomic E-state index is 12.6. The van der Waals surface area contributed by atoms with E-state index in [1.807, 2.05) is 43.0 Å². The summed E-state index contributed by atoms with van der Waals surface area (Å²) in [5.74, 6) is 1.38. The molecule has 1 heterocycles. The number of hydrogen-bond donors (Lipinski definition) is 3. The minimum atomic E-state index is -0.988. The zero-order chi connectivity index (χ0) is 40.7. The van der Waals surface area contributed by atoms with Gasteiger partial charge in [-0.15, -0.1) is 6.58 Å². The van der Waals surface area contributed by atoms with Crippen LogP contribution in [0, 0.1) is 17.8 Å². The minimum absolute atomic E-state index is 0.0410. The number of nitrogens with one attached hydrogen (secondary N) is 1. The van der Waals surface area contributed by atoms with Gasteiger partial charge in [0.2, 0.25) is 5.79 Å². The van der Waals surface area contributed by atoms with Gasteiger partial charge in [0.15, 0.2) is 0 Å². The summed E-state index contributed by atoms with van der Waals surface area (Å²) in [5, 5.41) is 27.0. The van der Waals surface area contributed by atoms with E-state index in [0.717, 1.165) is 73.3 Å². The number of amides is 1. The van der Waals surface area contributed by atoms with Crippen molar-refractivity contribution in [2.24, 2.45) is 22.9 Å². The Morgan fingerprint density at radius 2 is 1.58 bits per heavy atom. The van der Waals surface area contributed by atoms with Gasteiger partial charge in [-0.2, -0.15) is 11.8 Å². The van der Waals surface area contributed by atoms with E-state index in [-0.39, 0.29) is 42.1 Å². The Bertz CT molecular complexity index is 1390. The molecule has 0 spiro atoms. The zero-order valence-electron chi connectivity index (χ0n) is 35.7. The van der Waals surface area contributed by atoms with Crippen molar-refractivity contribution in [2.75, 3.05) is 39.2 Å². The van der Waals surface area contributed by atoms with Crippen molar-refractivity contribution >= 4 is 23.6 Å². The summed E-state index contributed by atoms with van der Waals surface area (Å²) in [6, 6.07) is 5.74. The SMILES string of the molecule is C=CCO[C@@]12Oc3ccc(OC(=O)NCC)cc3[C@H]3[C@H](CCCCO)[C@@H](CCCCO)C=C(C(=NOC)C[C@@H]1SCCCCCCCCCCCCCCCC)[C@H]32. The first-order chi connectivity index (χ1) is 28.0. The molecule has 1 saturated carbocycles. The Kier molecular flexibility index (Phi) is 22.0.